The van der Waals surface area contributed by atoms with Gasteiger partial charge in [0, 0.05) is 11.4 Å². The fourth-order valence-corrected chi connectivity index (χ4v) is 4.66. The van der Waals surface area contributed by atoms with Crippen molar-refractivity contribution in [2.45, 2.75) is 48.8 Å². The van der Waals surface area contributed by atoms with Gasteiger partial charge in [-0.25, -0.2) is 13.1 Å². The molecule has 2 rings (SSSR count). The highest BCUT2D eigenvalue weighted by Crippen LogP contribution is 2.29. The van der Waals surface area contributed by atoms with Gasteiger partial charge < -0.3 is 5.11 Å². The highest BCUT2D eigenvalue weighted by molar-refractivity contribution is 7.91. The van der Waals surface area contributed by atoms with Gasteiger partial charge in [0.1, 0.15) is 4.21 Å². The Bertz CT molecular complexity index is 501. The van der Waals surface area contributed by atoms with Crippen LogP contribution in [0.4, 0.5) is 0 Å². The maximum atomic E-state index is 12.0. The van der Waals surface area contributed by atoms with E-state index >= 15 is 0 Å². The molecule has 6 heteroatoms. The van der Waals surface area contributed by atoms with Gasteiger partial charge in [0.05, 0.1) is 5.60 Å². The fraction of sp³-hybridized carbons (Fsp3) is 0.667. The molecule has 1 saturated carbocycles. The van der Waals surface area contributed by atoms with Crippen LogP contribution >= 0.6 is 11.3 Å². The summed E-state index contributed by atoms with van der Waals surface area (Å²) < 4.78 is 27.0. The fourth-order valence-electron chi connectivity index (χ4n) is 2.20. The van der Waals surface area contributed by atoms with Gasteiger partial charge in [0.15, 0.2) is 0 Å². The number of hydrogen-bond acceptors (Lipinski definition) is 4. The van der Waals surface area contributed by atoms with E-state index in [-0.39, 0.29) is 6.54 Å². The minimum Gasteiger partial charge on any atom is -0.389 e. The van der Waals surface area contributed by atoms with Crippen LogP contribution in [0.3, 0.4) is 0 Å². The zero-order chi connectivity index (χ0) is 13.2. The van der Waals surface area contributed by atoms with Gasteiger partial charge in [0.25, 0.3) is 0 Å². The van der Waals surface area contributed by atoms with Crippen molar-refractivity contribution >= 4 is 21.4 Å². The molecule has 1 aliphatic rings. The van der Waals surface area contributed by atoms with Crippen molar-refractivity contribution in [3.05, 3.63) is 17.0 Å². The van der Waals surface area contributed by atoms with Crippen LogP contribution in [-0.2, 0) is 16.4 Å². The Labute approximate surface area is 112 Å². The second-order valence-electron chi connectivity index (χ2n) is 4.83. The SMILES string of the molecule is CCc1ccc(S(=O)(=O)NCC2(O)CCCC2)s1. The Hall–Kier alpha value is -0.430. The number of rotatable bonds is 5. The minimum absolute atomic E-state index is 0.120. The summed E-state index contributed by atoms with van der Waals surface area (Å²) in [7, 11) is -3.47. The minimum atomic E-state index is -3.47. The molecule has 1 aromatic heterocycles. The maximum Gasteiger partial charge on any atom is 0.250 e. The van der Waals surface area contributed by atoms with Crippen LogP contribution in [-0.4, -0.2) is 25.7 Å². The summed E-state index contributed by atoms with van der Waals surface area (Å²) in [4.78, 5) is 1.05. The van der Waals surface area contributed by atoms with Gasteiger partial charge in [-0.3, -0.25) is 0 Å². The van der Waals surface area contributed by atoms with E-state index in [1.54, 1.807) is 6.07 Å². The van der Waals surface area contributed by atoms with Crippen molar-refractivity contribution in [1.82, 2.24) is 4.72 Å². The third-order valence-electron chi connectivity index (χ3n) is 3.38. The molecule has 0 radical (unpaired) electrons. The molecule has 4 nitrogen and oxygen atoms in total. The summed E-state index contributed by atoms with van der Waals surface area (Å²) in [6, 6.07) is 3.47. The molecule has 0 aliphatic heterocycles. The highest BCUT2D eigenvalue weighted by atomic mass is 32.2. The molecule has 1 aromatic rings. The van der Waals surface area contributed by atoms with E-state index in [1.807, 2.05) is 13.0 Å². The summed E-state index contributed by atoms with van der Waals surface area (Å²) >= 11 is 1.29. The largest absolute Gasteiger partial charge is 0.389 e. The lowest BCUT2D eigenvalue weighted by Gasteiger charge is -2.21. The molecule has 1 fully saturated rings. The third-order valence-corrected chi connectivity index (χ3v) is 6.50. The van der Waals surface area contributed by atoms with Crippen molar-refractivity contribution in [3.63, 3.8) is 0 Å². The lowest BCUT2D eigenvalue weighted by molar-refractivity contribution is 0.0532. The van der Waals surface area contributed by atoms with Crippen molar-refractivity contribution in [2.75, 3.05) is 6.54 Å². The van der Waals surface area contributed by atoms with E-state index in [9.17, 15) is 13.5 Å². The molecular weight excluding hydrogens is 270 g/mol. The van der Waals surface area contributed by atoms with Crippen molar-refractivity contribution < 1.29 is 13.5 Å². The van der Waals surface area contributed by atoms with E-state index in [0.717, 1.165) is 24.1 Å². The zero-order valence-corrected chi connectivity index (χ0v) is 12.1. The molecule has 102 valence electrons. The molecule has 0 amide bonds. The average Bonchev–Trinajstić information content (AvgIpc) is 2.96. The van der Waals surface area contributed by atoms with Gasteiger partial charge in [0.2, 0.25) is 10.0 Å². The summed E-state index contributed by atoms with van der Waals surface area (Å²) in [5.41, 5.74) is -0.849. The smallest absolute Gasteiger partial charge is 0.250 e. The Kier molecular flexibility index (Phi) is 4.11. The number of sulfonamides is 1. The van der Waals surface area contributed by atoms with E-state index < -0.39 is 15.6 Å². The third kappa shape index (κ3) is 3.12. The molecule has 0 saturated heterocycles. The van der Waals surface area contributed by atoms with E-state index in [2.05, 4.69) is 4.72 Å². The molecule has 0 unspecified atom stereocenters. The second kappa shape index (κ2) is 5.28. The molecule has 2 N–H and O–H groups in total. The van der Waals surface area contributed by atoms with Crippen molar-refractivity contribution in [3.8, 4) is 0 Å². The van der Waals surface area contributed by atoms with E-state index in [0.29, 0.717) is 17.1 Å². The molecule has 18 heavy (non-hydrogen) atoms. The van der Waals surface area contributed by atoms with Gasteiger partial charge in [-0.05, 0) is 31.4 Å². The Morgan fingerprint density at radius 2 is 2.06 bits per heavy atom. The molecule has 0 spiro atoms. The van der Waals surface area contributed by atoms with Gasteiger partial charge >= 0.3 is 0 Å². The van der Waals surface area contributed by atoms with Crippen LogP contribution in [0, 0.1) is 0 Å². The molecule has 0 atom stereocenters. The highest BCUT2D eigenvalue weighted by Gasteiger charge is 2.32. The van der Waals surface area contributed by atoms with Crippen molar-refractivity contribution in [2.24, 2.45) is 0 Å². The summed E-state index contributed by atoms with van der Waals surface area (Å²) in [5, 5.41) is 10.1. The number of aliphatic hydroxyl groups is 1. The number of thiophene rings is 1. The summed E-state index contributed by atoms with van der Waals surface area (Å²) in [6.07, 6.45) is 4.14. The number of nitrogens with one attached hydrogen (secondary N) is 1. The van der Waals surface area contributed by atoms with E-state index in [1.165, 1.54) is 11.3 Å². The Morgan fingerprint density at radius 3 is 2.61 bits per heavy atom. The lowest BCUT2D eigenvalue weighted by atomic mass is 10.0. The first-order chi connectivity index (χ1) is 8.45. The van der Waals surface area contributed by atoms with Crippen LogP contribution < -0.4 is 4.72 Å². The normalized spacial score (nSPS) is 19.2. The standard InChI is InChI=1S/C12H19NO3S2/c1-2-10-5-6-11(17-10)18(15,16)13-9-12(14)7-3-4-8-12/h5-6,13-14H,2-4,7-9H2,1H3. The maximum absolute atomic E-state index is 12.0. The summed E-state index contributed by atoms with van der Waals surface area (Å²) in [5.74, 6) is 0. The predicted octanol–water partition coefficient (Wildman–Crippen LogP) is 1.89. The van der Waals surface area contributed by atoms with Gasteiger partial charge in [-0.1, -0.05) is 19.8 Å². The molecule has 1 heterocycles. The first-order valence-electron chi connectivity index (χ1n) is 6.26. The number of aryl methyl sites for hydroxylation is 1. The zero-order valence-electron chi connectivity index (χ0n) is 10.5. The molecule has 0 aromatic carbocycles. The molecule has 1 aliphatic carbocycles. The van der Waals surface area contributed by atoms with Gasteiger partial charge in [-0.2, -0.15) is 0 Å². The first-order valence-corrected chi connectivity index (χ1v) is 8.56. The van der Waals surface area contributed by atoms with Crippen LogP contribution in [0.25, 0.3) is 0 Å². The molecular formula is C12H19NO3S2. The quantitative estimate of drug-likeness (QED) is 0.870. The number of hydrogen-bond donors (Lipinski definition) is 2. The van der Waals surface area contributed by atoms with Crippen LogP contribution in [0.2, 0.25) is 0 Å². The van der Waals surface area contributed by atoms with E-state index in [4.69, 9.17) is 0 Å². The predicted molar refractivity (Wildman–Crippen MR) is 72.3 cm³/mol. The average molecular weight is 289 g/mol. The van der Waals surface area contributed by atoms with Gasteiger partial charge in [-0.15, -0.1) is 11.3 Å². The monoisotopic (exact) mass is 289 g/mol. The van der Waals surface area contributed by atoms with Crippen molar-refractivity contribution in [1.29, 1.82) is 0 Å². The lowest BCUT2D eigenvalue weighted by Crippen LogP contribution is -2.40. The first kappa shape index (κ1) is 14.0. The van der Waals surface area contributed by atoms with Crippen LogP contribution in [0.15, 0.2) is 16.3 Å². The van der Waals surface area contributed by atoms with Crippen LogP contribution in [0.1, 0.15) is 37.5 Å². The topological polar surface area (TPSA) is 66.4 Å². The summed E-state index contributed by atoms with van der Waals surface area (Å²) in [6.45, 7) is 2.12. The van der Waals surface area contributed by atoms with Crippen LogP contribution in [0.5, 0.6) is 0 Å². The Balaban J connectivity index is 2.03. The Morgan fingerprint density at radius 1 is 1.39 bits per heavy atom. The second-order valence-corrected chi connectivity index (χ2v) is 7.99. The molecule has 0 bridgehead atoms.